The molecule has 4 heteroatoms. The largest absolute Gasteiger partial charge is 0.352 e. The van der Waals surface area contributed by atoms with Crippen LogP contribution < -0.4 is 5.32 Å². The average Bonchev–Trinajstić information content (AvgIpc) is 2.79. The number of hydrogen-bond donors (Lipinski definition) is 2. The van der Waals surface area contributed by atoms with Crippen LogP contribution in [-0.2, 0) is 13.1 Å². The molecule has 0 unspecified atom stereocenters. The molecule has 3 nitrogen and oxygen atoms in total. The average molecular weight is 272 g/mol. The van der Waals surface area contributed by atoms with Crippen LogP contribution in [0, 0.1) is 0 Å². The van der Waals surface area contributed by atoms with E-state index in [1.165, 1.54) is 37.2 Å². The van der Waals surface area contributed by atoms with Crippen molar-refractivity contribution in [1.82, 2.24) is 15.2 Å². The van der Waals surface area contributed by atoms with E-state index in [2.05, 4.69) is 37.2 Å². The zero-order chi connectivity index (χ0) is 10.7. The first-order valence-corrected chi connectivity index (χ1v) is 6.32. The summed E-state index contributed by atoms with van der Waals surface area (Å²) >= 11 is 3.58. The van der Waals surface area contributed by atoms with Gasteiger partial charge >= 0.3 is 0 Å². The Labute approximate surface area is 99.4 Å². The van der Waals surface area contributed by atoms with Gasteiger partial charge in [-0.05, 0) is 60.5 Å². The van der Waals surface area contributed by atoms with Crippen LogP contribution in [0.25, 0.3) is 0 Å². The Balaban J connectivity index is 2.00. The number of H-pyrrole nitrogens is 1. The standard InChI is InChI=1S/C11H18BrN3/c1-13-7-10-6-9(11(12)14-10)8-15-4-2-3-5-15/h6,13-14H,2-5,7-8H2,1H3. The third-order valence-corrected chi connectivity index (χ3v) is 3.57. The van der Waals surface area contributed by atoms with Gasteiger partial charge in [-0.3, -0.25) is 4.90 Å². The molecule has 1 saturated heterocycles. The molecule has 2 N–H and O–H groups in total. The number of rotatable bonds is 4. The minimum Gasteiger partial charge on any atom is -0.352 e. The monoisotopic (exact) mass is 271 g/mol. The van der Waals surface area contributed by atoms with Crippen LogP contribution in [0.3, 0.4) is 0 Å². The molecule has 0 spiro atoms. The molecule has 0 bridgehead atoms. The van der Waals surface area contributed by atoms with Gasteiger partial charge in [0.1, 0.15) is 0 Å². The van der Waals surface area contributed by atoms with Gasteiger partial charge in [0.15, 0.2) is 0 Å². The summed E-state index contributed by atoms with van der Waals surface area (Å²) in [7, 11) is 1.97. The van der Waals surface area contributed by atoms with Crippen molar-refractivity contribution in [3.8, 4) is 0 Å². The topological polar surface area (TPSA) is 31.1 Å². The van der Waals surface area contributed by atoms with Crippen molar-refractivity contribution in [2.45, 2.75) is 25.9 Å². The third kappa shape index (κ3) is 2.83. The van der Waals surface area contributed by atoms with Crippen LogP contribution >= 0.6 is 15.9 Å². The molecule has 0 aromatic carbocycles. The molecule has 1 aromatic rings. The fourth-order valence-electron chi connectivity index (χ4n) is 2.11. The molecule has 84 valence electrons. The van der Waals surface area contributed by atoms with Crippen LogP contribution in [0.5, 0.6) is 0 Å². The Kier molecular flexibility index (Phi) is 3.83. The Hall–Kier alpha value is -0.320. The molecule has 0 amide bonds. The quantitative estimate of drug-likeness (QED) is 0.879. The smallest absolute Gasteiger partial charge is 0.0868 e. The maximum atomic E-state index is 3.58. The molecule has 1 aliphatic rings. The highest BCUT2D eigenvalue weighted by molar-refractivity contribution is 9.10. The van der Waals surface area contributed by atoms with Crippen molar-refractivity contribution in [3.63, 3.8) is 0 Å². The van der Waals surface area contributed by atoms with Crippen molar-refractivity contribution < 1.29 is 0 Å². The molecule has 2 rings (SSSR count). The van der Waals surface area contributed by atoms with E-state index in [0.717, 1.165) is 17.7 Å². The van der Waals surface area contributed by atoms with Gasteiger partial charge in [-0.15, -0.1) is 0 Å². The number of aromatic nitrogens is 1. The van der Waals surface area contributed by atoms with Gasteiger partial charge in [-0.1, -0.05) is 0 Å². The summed E-state index contributed by atoms with van der Waals surface area (Å²) < 4.78 is 1.14. The molecule has 1 aliphatic heterocycles. The Morgan fingerprint density at radius 2 is 2.20 bits per heavy atom. The maximum Gasteiger partial charge on any atom is 0.0868 e. The number of halogens is 1. The molecule has 0 atom stereocenters. The maximum absolute atomic E-state index is 3.58. The van der Waals surface area contributed by atoms with E-state index in [9.17, 15) is 0 Å². The van der Waals surface area contributed by atoms with Crippen molar-refractivity contribution in [3.05, 3.63) is 21.9 Å². The van der Waals surface area contributed by atoms with Gasteiger partial charge in [0.05, 0.1) is 4.60 Å². The van der Waals surface area contributed by atoms with E-state index >= 15 is 0 Å². The van der Waals surface area contributed by atoms with Crippen molar-refractivity contribution >= 4 is 15.9 Å². The minimum atomic E-state index is 0.901. The van der Waals surface area contributed by atoms with Gasteiger partial charge in [0, 0.05) is 18.8 Å². The minimum absolute atomic E-state index is 0.901. The van der Waals surface area contributed by atoms with Crippen LogP contribution in [0.4, 0.5) is 0 Å². The lowest BCUT2D eigenvalue weighted by Crippen LogP contribution is -2.18. The van der Waals surface area contributed by atoms with Gasteiger partial charge in [-0.25, -0.2) is 0 Å². The summed E-state index contributed by atoms with van der Waals surface area (Å²) in [6.45, 7) is 4.47. The number of nitrogens with one attached hydrogen (secondary N) is 2. The van der Waals surface area contributed by atoms with Crippen LogP contribution in [0.15, 0.2) is 10.7 Å². The SMILES string of the molecule is CNCc1cc(CN2CCCC2)c(Br)[nH]1. The lowest BCUT2D eigenvalue weighted by atomic mass is 10.3. The molecule has 15 heavy (non-hydrogen) atoms. The Bertz CT molecular complexity index is 316. The molecule has 1 fully saturated rings. The molecule has 0 aliphatic carbocycles. The van der Waals surface area contributed by atoms with E-state index in [-0.39, 0.29) is 0 Å². The predicted octanol–water partition coefficient (Wildman–Crippen LogP) is 2.09. The second kappa shape index (κ2) is 5.14. The summed E-state index contributed by atoms with van der Waals surface area (Å²) in [5, 5.41) is 3.15. The highest BCUT2D eigenvalue weighted by atomic mass is 79.9. The zero-order valence-corrected chi connectivity index (χ0v) is 10.7. The van der Waals surface area contributed by atoms with Crippen molar-refractivity contribution in [2.24, 2.45) is 0 Å². The number of nitrogens with zero attached hydrogens (tertiary/aromatic N) is 1. The number of likely N-dealkylation sites (tertiary alicyclic amines) is 1. The van der Waals surface area contributed by atoms with Gasteiger partial charge in [-0.2, -0.15) is 0 Å². The van der Waals surface area contributed by atoms with E-state index < -0.39 is 0 Å². The van der Waals surface area contributed by atoms with Gasteiger partial charge in [0.25, 0.3) is 0 Å². The second-order valence-electron chi connectivity index (χ2n) is 4.15. The highest BCUT2D eigenvalue weighted by Gasteiger charge is 2.14. The summed E-state index contributed by atoms with van der Waals surface area (Å²) in [5.41, 5.74) is 2.63. The van der Waals surface area contributed by atoms with Crippen LogP contribution in [0.2, 0.25) is 0 Å². The van der Waals surface area contributed by atoms with Gasteiger partial charge < -0.3 is 10.3 Å². The van der Waals surface area contributed by atoms with Gasteiger partial charge in [0.2, 0.25) is 0 Å². The van der Waals surface area contributed by atoms with E-state index in [1.807, 2.05) is 7.05 Å². The fraction of sp³-hybridized carbons (Fsp3) is 0.636. The van der Waals surface area contributed by atoms with Crippen LogP contribution in [-0.4, -0.2) is 30.0 Å². The van der Waals surface area contributed by atoms with Crippen molar-refractivity contribution in [2.75, 3.05) is 20.1 Å². The molecule has 0 saturated carbocycles. The first-order chi connectivity index (χ1) is 7.29. The van der Waals surface area contributed by atoms with E-state index in [4.69, 9.17) is 0 Å². The van der Waals surface area contributed by atoms with Crippen LogP contribution in [0.1, 0.15) is 24.1 Å². The first kappa shape index (κ1) is 11.2. The normalized spacial score (nSPS) is 17.5. The molecular formula is C11H18BrN3. The fourth-order valence-corrected chi connectivity index (χ4v) is 2.61. The first-order valence-electron chi connectivity index (χ1n) is 5.53. The Morgan fingerprint density at radius 3 is 2.87 bits per heavy atom. The second-order valence-corrected chi connectivity index (χ2v) is 4.94. The molecule has 0 radical (unpaired) electrons. The number of hydrogen-bond acceptors (Lipinski definition) is 2. The third-order valence-electron chi connectivity index (χ3n) is 2.86. The Morgan fingerprint density at radius 1 is 1.47 bits per heavy atom. The predicted molar refractivity (Wildman–Crippen MR) is 65.8 cm³/mol. The van der Waals surface area contributed by atoms with E-state index in [0.29, 0.717) is 0 Å². The highest BCUT2D eigenvalue weighted by Crippen LogP contribution is 2.21. The molecule has 2 heterocycles. The zero-order valence-electron chi connectivity index (χ0n) is 9.15. The lowest BCUT2D eigenvalue weighted by Gasteiger charge is -2.13. The molecule has 1 aromatic heterocycles. The summed E-state index contributed by atoms with van der Waals surface area (Å²) in [4.78, 5) is 5.86. The molecular weight excluding hydrogens is 254 g/mol. The number of aromatic amines is 1. The van der Waals surface area contributed by atoms with Crippen molar-refractivity contribution in [1.29, 1.82) is 0 Å². The summed E-state index contributed by atoms with van der Waals surface area (Å²) in [6.07, 6.45) is 2.71. The summed E-state index contributed by atoms with van der Waals surface area (Å²) in [5.74, 6) is 0. The summed E-state index contributed by atoms with van der Waals surface area (Å²) in [6, 6.07) is 2.25. The lowest BCUT2D eigenvalue weighted by molar-refractivity contribution is 0.331. The van der Waals surface area contributed by atoms with E-state index in [1.54, 1.807) is 0 Å².